The van der Waals surface area contributed by atoms with Gasteiger partial charge in [0, 0.05) is 6.42 Å². The van der Waals surface area contributed by atoms with E-state index in [1.807, 2.05) is 13.0 Å². The molecular weight excluding hydrogens is 248 g/mol. The molecule has 0 saturated heterocycles. The van der Waals surface area contributed by atoms with Gasteiger partial charge in [-0.25, -0.2) is 4.79 Å². The first-order valence-electron chi connectivity index (χ1n) is 6.08. The molecule has 1 aromatic rings. The molecular formula is C14H18O5. The minimum atomic E-state index is -1.54. The van der Waals surface area contributed by atoms with Gasteiger partial charge in [0.05, 0.1) is 7.11 Å². The summed E-state index contributed by atoms with van der Waals surface area (Å²) in [5, 5.41) is 18.4. The van der Waals surface area contributed by atoms with Gasteiger partial charge < -0.3 is 14.9 Å². The molecule has 104 valence electrons. The summed E-state index contributed by atoms with van der Waals surface area (Å²) in [6, 6.07) is 5.18. The highest BCUT2D eigenvalue weighted by molar-refractivity contribution is 5.74. The van der Waals surface area contributed by atoms with Crippen LogP contribution in [0.1, 0.15) is 36.1 Å². The van der Waals surface area contributed by atoms with Crippen LogP contribution in [0.5, 0.6) is 0 Å². The Balaban J connectivity index is 2.95. The maximum atomic E-state index is 11.1. The van der Waals surface area contributed by atoms with E-state index in [2.05, 4.69) is 4.74 Å². The molecule has 1 rings (SSSR count). The summed E-state index contributed by atoms with van der Waals surface area (Å²) in [7, 11) is 1.32. The molecule has 0 spiro atoms. The number of hydrogen-bond donors (Lipinski definition) is 2. The number of aryl methyl sites for hydroxylation is 2. The first kappa shape index (κ1) is 15.2. The zero-order valence-corrected chi connectivity index (χ0v) is 11.0. The van der Waals surface area contributed by atoms with E-state index in [1.165, 1.54) is 7.11 Å². The highest BCUT2D eigenvalue weighted by Crippen LogP contribution is 2.19. The number of carboxylic acid groups (broad SMARTS) is 1. The number of aliphatic hydroxyl groups is 1. The van der Waals surface area contributed by atoms with Crippen LogP contribution in [0.4, 0.5) is 0 Å². The molecule has 0 radical (unpaired) electrons. The third-order valence-electron chi connectivity index (χ3n) is 2.88. The van der Waals surface area contributed by atoms with E-state index in [0.717, 1.165) is 17.5 Å². The topological polar surface area (TPSA) is 83.8 Å². The fraction of sp³-hybridized carbons (Fsp3) is 0.429. The van der Waals surface area contributed by atoms with E-state index in [1.54, 1.807) is 12.1 Å². The second-order valence-electron chi connectivity index (χ2n) is 4.25. The summed E-state index contributed by atoms with van der Waals surface area (Å²) in [5.74, 6) is -1.60. The molecule has 1 atom stereocenters. The molecule has 0 aliphatic carbocycles. The molecule has 5 heteroatoms. The predicted octanol–water partition coefficient (Wildman–Crippen LogP) is 1.47. The van der Waals surface area contributed by atoms with Crippen LogP contribution in [0.2, 0.25) is 0 Å². The molecule has 0 amide bonds. The van der Waals surface area contributed by atoms with Gasteiger partial charge in [-0.1, -0.05) is 25.1 Å². The maximum Gasteiger partial charge on any atom is 0.337 e. The van der Waals surface area contributed by atoms with Crippen molar-refractivity contribution in [2.24, 2.45) is 0 Å². The van der Waals surface area contributed by atoms with Crippen molar-refractivity contribution in [2.45, 2.75) is 32.3 Å². The van der Waals surface area contributed by atoms with Gasteiger partial charge in [-0.3, -0.25) is 4.79 Å². The average Bonchev–Trinajstić information content (AvgIpc) is 2.43. The quantitative estimate of drug-likeness (QED) is 0.762. The predicted molar refractivity (Wildman–Crippen MR) is 68.8 cm³/mol. The lowest BCUT2D eigenvalue weighted by molar-refractivity contribution is -0.147. The Kier molecular flexibility index (Phi) is 5.51. The van der Waals surface area contributed by atoms with Crippen LogP contribution in [-0.2, 0) is 27.2 Å². The Morgan fingerprint density at radius 2 is 1.89 bits per heavy atom. The summed E-state index contributed by atoms with van der Waals surface area (Å²) in [6.07, 6.45) is -0.124. The fourth-order valence-corrected chi connectivity index (χ4v) is 1.79. The summed E-state index contributed by atoms with van der Waals surface area (Å²) in [5.41, 5.74) is 2.09. The number of hydrogen-bond acceptors (Lipinski definition) is 4. The number of carbonyl (C=O) groups excluding carboxylic acids is 1. The minimum absolute atomic E-state index is 0.228. The van der Waals surface area contributed by atoms with Crippen molar-refractivity contribution in [2.75, 3.05) is 7.11 Å². The highest BCUT2D eigenvalue weighted by atomic mass is 16.5. The number of ether oxygens (including phenoxy) is 1. The Labute approximate surface area is 111 Å². The third-order valence-corrected chi connectivity index (χ3v) is 2.88. The number of carboxylic acids is 1. The van der Waals surface area contributed by atoms with Gasteiger partial charge in [0.25, 0.3) is 0 Å². The van der Waals surface area contributed by atoms with Crippen LogP contribution in [0.25, 0.3) is 0 Å². The smallest absolute Gasteiger partial charge is 0.337 e. The van der Waals surface area contributed by atoms with Gasteiger partial charge in [0.1, 0.15) is 0 Å². The number of aliphatic carboxylic acids is 1. The normalized spacial score (nSPS) is 11.9. The van der Waals surface area contributed by atoms with Crippen LogP contribution < -0.4 is 0 Å². The molecule has 0 saturated carbocycles. The third kappa shape index (κ3) is 4.37. The van der Waals surface area contributed by atoms with Crippen molar-refractivity contribution in [1.29, 1.82) is 0 Å². The SMILES string of the molecule is CCc1cc(CCC(=O)OC)cc(C(O)C(=O)O)c1. The number of rotatable bonds is 6. The minimum Gasteiger partial charge on any atom is -0.479 e. The van der Waals surface area contributed by atoms with Gasteiger partial charge in [-0.15, -0.1) is 0 Å². The Morgan fingerprint density at radius 3 is 2.42 bits per heavy atom. The van der Waals surface area contributed by atoms with Gasteiger partial charge in [0.2, 0.25) is 0 Å². The Hall–Kier alpha value is -1.88. The van der Waals surface area contributed by atoms with Crippen molar-refractivity contribution in [3.63, 3.8) is 0 Å². The van der Waals surface area contributed by atoms with Crippen LogP contribution in [-0.4, -0.2) is 29.3 Å². The average molecular weight is 266 g/mol. The van der Waals surface area contributed by atoms with Crippen molar-refractivity contribution < 1.29 is 24.5 Å². The molecule has 0 bridgehead atoms. The number of esters is 1. The van der Waals surface area contributed by atoms with Crippen LogP contribution >= 0.6 is 0 Å². The molecule has 2 N–H and O–H groups in total. The molecule has 19 heavy (non-hydrogen) atoms. The van der Waals surface area contributed by atoms with Crippen LogP contribution in [0.3, 0.4) is 0 Å². The second-order valence-corrected chi connectivity index (χ2v) is 4.25. The molecule has 1 unspecified atom stereocenters. The molecule has 0 fully saturated rings. The van der Waals surface area contributed by atoms with E-state index >= 15 is 0 Å². The van der Waals surface area contributed by atoms with E-state index in [9.17, 15) is 14.7 Å². The highest BCUT2D eigenvalue weighted by Gasteiger charge is 2.17. The largest absolute Gasteiger partial charge is 0.479 e. The molecule has 5 nitrogen and oxygen atoms in total. The van der Waals surface area contributed by atoms with Gasteiger partial charge in [-0.05, 0) is 29.5 Å². The molecule has 0 aliphatic heterocycles. The number of aliphatic hydroxyl groups excluding tert-OH is 1. The Morgan fingerprint density at radius 1 is 1.26 bits per heavy atom. The Bertz CT molecular complexity index is 467. The lowest BCUT2D eigenvalue weighted by Gasteiger charge is -2.11. The maximum absolute atomic E-state index is 11.1. The zero-order chi connectivity index (χ0) is 14.4. The fourth-order valence-electron chi connectivity index (χ4n) is 1.79. The van der Waals surface area contributed by atoms with Crippen molar-refractivity contribution in [1.82, 2.24) is 0 Å². The molecule has 1 aromatic carbocycles. The summed E-state index contributed by atoms with van der Waals surface area (Å²) < 4.78 is 4.56. The number of benzene rings is 1. The summed E-state index contributed by atoms with van der Waals surface area (Å²) >= 11 is 0. The van der Waals surface area contributed by atoms with E-state index in [-0.39, 0.29) is 12.4 Å². The molecule has 0 heterocycles. The van der Waals surface area contributed by atoms with E-state index in [4.69, 9.17) is 5.11 Å². The van der Waals surface area contributed by atoms with Crippen molar-refractivity contribution >= 4 is 11.9 Å². The standard InChI is InChI=1S/C14H18O5/c1-3-9-6-10(4-5-12(15)19-2)8-11(7-9)13(16)14(17)18/h6-8,13,16H,3-5H2,1-2H3,(H,17,18). The van der Waals surface area contributed by atoms with E-state index < -0.39 is 12.1 Å². The summed E-state index contributed by atoms with van der Waals surface area (Å²) in [4.78, 5) is 21.9. The number of methoxy groups -OCH3 is 1. The first-order valence-corrected chi connectivity index (χ1v) is 6.08. The lowest BCUT2D eigenvalue weighted by atomic mass is 9.98. The zero-order valence-electron chi connectivity index (χ0n) is 11.0. The van der Waals surface area contributed by atoms with Crippen molar-refractivity contribution in [3.8, 4) is 0 Å². The molecule has 0 aromatic heterocycles. The van der Waals surface area contributed by atoms with E-state index in [0.29, 0.717) is 12.0 Å². The van der Waals surface area contributed by atoms with Crippen molar-refractivity contribution in [3.05, 3.63) is 34.9 Å². The first-order chi connectivity index (χ1) is 8.97. The summed E-state index contributed by atoms with van der Waals surface area (Å²) in [6.45, 7) is 1.94. The van der Waals surface area contributed by atoms with Gasteiger partial charge in [-0.2, -0.15) is 0 Å². The number of carbonyl (C=O) groups is 2. The lowest BCUT2D eigenvalue weighted by Crippen LogP contribution is -2.11. The monoisotopic (exact) mass is 266 g/mol. The second kappa shape index (κ2) is 6.89. The molecule has 0 aliphatic rings. The van der Waals surface area contributed by atoms with Crippen LogP contribution in [0.15, 0.2) is 18.2 Å². The van der Waals surface area contributed by atoms with Gasteiger partial charge >= 0.3 is 11.9 Å². The van der Waals surface area contributed by atoms with Gasteiger partial charge in [0.15, 0.2) is 6.10 Å². The van der Waals surface area contributed by atoms with Crippen LogP contribution in [0, 0.1) is 0 Å².